The molecule has 100 valence electrons. The molecule has 2 unspecified atom stereocenters. The first kappa shape index (κ1) is 14.0. The zero-order chi connectivity index (χ0) is 13.3. The van der Waals surface area contributed by atoms with Gasteiger partial charge >= 0.3 is 0 Å². The van der Waals surface area contributed by atoms with Crippen molar-refractivity contribution in [3.8, 4) is 0 Å². The quantitative estimate of drug-likeness (QED) is 0.921. The van der Waals surface area contributed by atoms with Gasteiger partial charge in [0.1, 0.15) is 5.82 Å². The second kappa shape index (κ2) is 5.27. The van der Waals surface area contributed by atoms with Crippen LogP contribution in [0.2, 0.25) is 0 Å². The minimum Gasteiger partial charge on any atom is -0.313 e. The van der Waals surface area contributed by atoms with Crippen LogP contribution in [0.5, 0.6) is 0 Å². The highest BCUT2D eigenvalue weighted by Gasteiger charge is 2.34. The summed E-state index contributed by atoms with van der Waals surface area (Å²) in [5.41, 5.74) is 0.522. The van der Waals surface area contributed by atoms with Crippen LogP contribution in [0.3, 0.4) is 0 Å². The van der Waals surface area contributed by atoms with Crippen molar-refractivity contribution in [3.63, 3.8) is 0 Å². The van der Waals surface area contributed by atoms with E-state index in [1.165, 1.54) is 0 Å². The van der Waals surface area contributed by atoms with Gasteiger partial charge < -0.3 is 5.32 Å². The molecule has 1 aliphatic heterocycles. The topological polar surface area (TPSA) is 46.2 Å². The molecule has 2 rings (SSSR count). The predicted molar refractivity (Wildman–Crippen MR) is 72.7 cm³/mol. The summed E-state index contributed by atoms with van der Waals surface area (Å²) in [4.78, 5) is 0. The van der Waals surface area contributed by atoms with Crippen molar-refractivity contribution >= 4 is 25.8 Å². The summed E-state index contributed by atoms with van der Waals surface area (Å²) in [6, 6.07) is 4.83. The van der Waals surface area contributed by atoms with Crippen LogP contribution in [0, 0.1) is 11.7 Å². The molecular weight excluding hydrogens is 321 g/mol. The maximum absolute atomic E-state index is 14.0. The van der Waals surface area contributed by atoms with Crippen molar-refractivity contribution in [1.29, 1.82) is 0 Å². The fraction of sp³-hybridized carbons (Fsp3) is 0.500. The first-order valence-electron chi connectivity index (χ1n) is 5.76. The molecule has 1 aromatic rings. The van der Waals surface area contributed by atoms with Crippen LogP contribution in [0.1, 0.15) is 18.0 Å². The fourth-order valence-electron chi connectivity index (χ4n) is 2.49. The Kier molecular flexibility index (Phi) is 4.08. The molecular formula is C12H15BrFNO2S. The van der Waals surface area contributed by atoms with E-state index in [1.807, 2.05) is 0 Å². The van der Waals surface area contributed by atoms with Crippen LogP contribution in [0.4, 0.5) is 4.39 Å². The van der Waals surface area contributed by atoms with Gasteiger partial charge in [-0.25, -0.2) is 12.8 Å². The predicted octanol–water partition coefficient (Wildman–Crippen LogP) is 2.28. The van der Waals surface area contributed by atoms with Gasteiger partial charge in [-0.3, -0.25) is 0 Å². The molecule has 0 amide bonds. The number of halogens is 2. The van der Waals surface area contributed by atoms with Crippen molar-refractivity contribution in [2.24, 2.45) is 5.92 Å². The Labute approximate surface area is 115 Å². The average Bonchev–Trinajstić information content (AvgIpc) is 2.66. The Bertz CT molecular complexity index is 547. The van der Waals surface area contributed by atoms with E-state index in [2.05, 4.69) is 21.2 Å². The van der Waals surface area contributed by atoms with E-state index < -0.39 is 9.84 Å². The van der Waals surface area contributed by atoms with Crippen LogP contribution in [-0.2, 0) is 9.84 Å². The third kappa shape index (κ3) is 2.75. The Morgan fingerprint density at radius 3 is 2.78 bits per heavy atom. The van der Waals surface area contributed by atoms with Crippen LogP contribution in [-0.4, -0.2) is 27.0 Å². The largest absolute Gasteiger partial charge is 0.313 e. The maximum atomic E-state index is 14.0. The Morgan fingerprint density at radius 1 is 1.50 bits per heavy atom. The van der Waals surface area contributed by atoms with Crippen molar-refractivity contribution < 1.29 is 12.8 Å². The molecule has 0 aromatic heterocycles. The van der Waals surface area contributed by atoms with Crippen LogP contribution < -0.4 is 5.32 Å². The number of hydrogen-bond acceptors (Lipinski definition) is 3. The lowest BCUT2D eigenvalue weighted by molar-refractivity contribution is 0.403. The van der Waals surface area contributed by atoms with Gasteiger partial charge in [0.15, 0.2) is 9.84 Å². The van der Waals surface area contributed by atoms with Gasteiger partial charge in [-0.1, -0.05) is 12.1 Å². The molecule has 2 atom stereocenters. The monoisotopic (exact) mass is 335 g/mol. The molecule has 1 aromatic carbocycles. The summed E-state index contributed by atoms with van der Waals surface area (Å²) >= 11 is 3.15. The van der Waals surface area contributed by atoms with E-state index in [1.54, 1.807) is 25.2 Å². The van der Waals surface area contributed by atoms with Crippen molar-refractivity contribution in [1.82, 2.24) is 5.32 Å². The van der Waals surface area contributed by atoms with Gasteiger partial charge in [-0.05, 0) is 41.4 Å². The van der Waals surface area contributed by atoms with Crippen molar-refractivity contribution in [3.05, 3.63) is 34.1 Å². The minimum absolute atomic E-state index is 0.0659. The fourth-order valence-corrected chi connectivity index (χ4v) is 4.71. The lowest BCUT2D eigenvalue weighted by Gasteiger charge is -2.23. The number of sulfone groups is 1. The van der Waals surface area contributed by atoms with Gasteiger partial charge in [0.25, 0.3) is 0 Å². The minimum atomic E-state index is -2.96. The van der Waals surface area contributed by atoms with E-state index in [4.69, 9.17) is 0 Å². The second-order valence-corrected chi connectivity index (χ2v) is 7.66. The summed E-state index contributed by atoms with van der Waals surface area (Å²) in [6.07, 6.45) is 0.583. The summed E-state index contributed by atoms with van der Waals surface area (Å²) in [6.45, 7) is 0. The molecule has 0 bridgehead atoms. The Balaban J connectivity index is 2.32. The molecule has 1 saturated heterocycles. The third-order valence-corrected chi connectivity index (χ3v) is 5.77. The van der Waals surface area contributed by atoms with E-state index in [9.17, 15) is 12.8 Å². The van der Waals surface area contributed by atoms with Gasteiger partial charge in [0, 0.05) is 11.6 Å². The summed E-state index contributed by atoms with van der Waals surface area (Å²) in [7, 11) is -1.22. The second-order valence-electron chi connectivity index (χ2n) is 4.57. The van der Waals surface area contributed by atoms with E-state index in [-0.39, 0.29) is 29.3 Å². The van der Waals surface area contributed by atoms with Gasteiger partial charge in [-0.2, -0.15) is 0 Å². The van der Waals surface area contributed by atoms with Crippen LogP contribution in [0.25, 0.3) is 0 Å². The Morgan fingerprint density at radius 2 is 2.22 bits per heavy atom. The molecule has 0 radical (unpaired) electrons. The summed E-state index contributed by atoms with van der Waals surface area (Å²) in [5.74, 6) is -0.0550. The molecule has 1 aliphatic rings. The molecule has 1 fully saturated rings. The molecule has 6 heteroatoms. The zero-order valence-electron chi connectivity index (χ0n) is 9.99. The van der Waals surface area contributed by atoms with E-state index in [0.29, 0.717) is 16.5 Å². The molecule has 3 nitrogen and oxygen atoms in total. The summed E-state index contributed by atoms with van der Waals surface area (Å²) < 4.78 is 37.5. The standard InChI is InChI=1S/C12H15BrFNO2S/c1-15-12(8-5-6-18(16,17)7-8)9-3-2-4-10(13)11(9)14/h2-4,8,12,15H,5-7H2,1H3. The number of hydrogen-bond donors (Lipinski definition) is 1. The average molecular weight is 336 g/mol. The molecule has 1 N–H and O–H groups in total. The first-order chi connectivity index (χ1) is 8.44. The number of benzene rings is 1. The van der Waals surface area contributed by atoms with Crippen LogP contribution in [0.15, 0.2) is 22.7 Å². The third-order valence-electron chi connectivity index (χ3n) is 3.37. The van der Waals surface area contributed by atoms with Crippen molar-refractivity contribution in [2.45, 2.75) is 12.5 Å². The maximum Gasteiger partial charge on any atom is 0.150 e. The van der Waals surface area contributed by atoms with Gasteiger partial charge in [-0.15, -0.1) is 0 Å². The number of nitrogens with one attached hydrogen (secondary N) is 1. The normalized spacial score (nSPS) is 24.1. The van der Waals surface area contributed by atoms with Crippen LogP contribution >= 0.6 is 15.9 Å². The SMILES string of the molecule is CNC(c1cccc(Br)c1F)C1CCS(=O)(=O)C1. The van der Waals surface area contributed by atoms with Gasteiger partial charge in [0.2, 0.25) is 0 Å². The zero-order valence-corrected chi connectivity index (χ0v) is 12.4. The van der Waals surface area contributed by atoms with E-state index >= 15 is 0 Å². The molecule has 18 heavy (non-hydrogen) atoms. The Hall–Kier alpha value is -0.460. The van der Waals surface area contributed by atoms with Crippen molar-refractivity contribution in [2.75, 3.05) is 18.6 Å². The molecule has 1 heterocycles. The lowest BCUT2D eigenvalue weighted by atomic mass is 9.92. The molecule has 0 spiro atoms. The highest BCUT2D eigenvalue weighted by atomic mass is 79.9. The molecule has 0 saturated carbocycles. The highest BCUT2D eigenvalue weighted by molar-refractivity contribution is 9.10. The molecule has 0 aliphatic carbocycles. The number of rotatable bonds is 3. The highest BCUT2D eigenvalue weighted by Crippen LogP contribution is 2.34. The smallest absolute Gasteiger partial charge is 0.150 e. The summed E-state index contributed by atoms with van der Waals surface area (Å²) in [5, 5.41) is 3.04. The lowest BCUT2D eigenvalue weighted by Crippen LogP contribution is -2.27. The van der Waals surface area contributed by atoms with Gasteiger partial charge in [0.05, 0.1) is 16.0 Å². The van der Waals surface area contributed by atoms with E-state index in [0.717, 1.165) is 0 Å². The first-order valence-corrected chi connectivity index (χ1v) is 8.37.